The fourth-order valence-electron chi connectivity index (χ4n) is 3.99. The van der Waals surface area contributed by atoms with Crippen LogP contribution >= 0.6 is 11.6 Å². The molecule has 2 aromatic carbocycles. The molecule has 0 spiro atoms. The van der Waals surface area contributed by atoms with Crippen molar-refractivity contribution in [3.8, 4) is 11.3 Å². The van der Waals surface area contributed by atoms with Crippen LogP contribution in [0.15, 0.2) is 48.7 Å². The van der Waals surface area contributed by atoms with Crippen LogP contribution in [0.3, 0.4) is 0 Å². The molecular formula is C22H22ClFN4O. The highest BCUT2D eigenvalue weighted by Gasteiger charge is 2.33. The van der Waals surface area contributed by atoms with Crippen molar-refractivity contribution in [1.82, 2.24) is 20.0 Å². The van der Waals surface area contributed by atoms with Crippen LogP contribution in [0, 0.1) is 5.82 Å². The topological polar surface area (TPSA) is 50.2 Å². The standard InChI is InChI=1S/C22H22ClFN4O/c1-25-11-18(9-14-4-3-5-17(24)8-14)28-13-16-10-15(6-7-19(16)22(28)29)21-20(23)12-26-27(21)2/h3-8,10,12,18,25H,9,11,13H2,1-2H3/t18-/m0/s1. The molecule has 1 amide bonds. The molecule has 0 radical (unpaired) electrons. The number of carbonyl (C=O) groups excluding carboxylic acids is 1. The normalized spacial score (nSPS) is 14.3. The number of nitrogens with zero attached hydrogens (tertiary/aromatic N) is 3. The SMILES string of the molecule is CNC[C@H](Cc1cccc(F)c1)N1Cc2cc(-c3c(Cl)cnn3C)ccc2C1=O. The minimum atomic E-state index is -0.264. The number of aromatic nitrogens is 2. The first kappa shape index (κ1) is 19.6. The van der Waals surface area contributed by atoms with Crippen molar-refractivity contribution in [3.05, 3.63) is 76.2 Å². The maximum Gasteiger partial charge on any atom is 0.254 e. The van der Waals surface area contributed by atoms with Crippen LogP contribution in [0.25, 0.3) is 11.3 Å². The highest BCUT2D eigenvalue weighted by atomic mass is 35.5. The third-order valence-electron chi connectivity index (χ3n) is 5.35. The fraction of sp³-hybridized carbons (Fsp3) is 0.273. The second-order valence-corrected chi connectivity index (χ2v) is 7.72. The van der Waals surface area contributed by atoms with Gasteiger partial charge in [-0.1, -0.05) is 29.8 Å². The van der Waals surface area contributed by atoms with E-state index >= 15 is 0 Å². The molecule has 1 atom stereocenters. The van der Waals surface area contributed by atoms with Crippen molar-refractivity contribution >= 4 is 17.5 Å². The Bertz CT molecular complexity index is 1050. The highest BCUT2D eigenvalue weighted by molar-refractivity contribution is 6.33. The Morgan fingerprint density at radius 1 is 1.28 bits per heavy atom. The number of fused-ring (bicyclic) bond motifs is 1. The fourth-order valence-corrected chi connectivity index (χ4v) is 4.26. The van der Waals surface area contributed by atoms with Crippen molar-refractivity contribution in [2.45, 2.75) is 19.0 Å². The van der Waals surface area contributed by atoms with Gasteiger partial charge in [0.15, 0.2) is 0 Å². The highest BCUT2D eigenvalue weighted by Crippen LogP contribution is 2.33. The molecule has 1 aromatic heterocycles. The van der Waals surface area contributed by atoms with Crippen molar-refractivity contribution < 1.29 is 9.18 Å². The average Bonchev–Trinajstić information content (AvgIpc) is 3.20. The van der Waals surface area contributed by atoms with E-state index in [0.717, 1.165) is 22.4 Å². The first-order valence-electron chi connectivity index (χ1n) is 9.48. The van der Waals surface area contributed by atoms with Crippen LogP contribution in [0.1, 0.15) is 21.5 Å². The molecule has 0 fully saturated rings. The van der Waals surface area contributed by atoms with Crippen molar-refractivity contribution in [2.75, 3.05) is 13.6 Å². The number of halogens is 2. The predicted molar refractivity (Wildman–Crippen MR) is 111 cm³/mol. The van der Waals surface area contributed by atoms with Crippen molar-refractivity contribution in [3.63, 3.8) is 0 Å². The van der Waals surface area contributed by atoms with E-state index in [4.69, 9.17) is 11.6 Å². The molecule has 150 valence electrons. The van der Waals surface area contributed by atoms with Gasteiger partial charge >= 0.3 is 0 Å². The van der Waals surface area contributed by atoms with Crippen molar-refractivity contribution in [2.24, 2.45) is 7.05 Å². The second kappa shape index (κ2) is 7.97. The minimum absolute atomic E-state index is 0.000642. The predicted octanol–water partition coefficient (Wildman–Crippen LogP) is 3.67. The molecule has 0 bridgehead atoms. The van der Waals surface area contributed by atoms with Gasteiger partial charge in [0.25, 0.3) is 5.91 Å². The Hall–Kier alpha value is -2.70. The van der Waals surface area contributed by atoms with E-state index in [1.165, 1.54) is 12.1 Å². The zero-order valence-electron chi connectivity index (χ0n) is 16.3. The third-order valence-corrected chi connectivity index (χ3v) is 5.62. The maximum absolute atomic E-state index is 13.6. The van der Waals surface area contributed by atoms with Crippen LogP contribution in [0.4, 0.5) is 4.39 Å². The van der Waals surface area contributed by atoms with Gasteiger partial charge in [0.1, 0.15) is 5.82 Å². The maximum atomic E-state index is 13.6. The zero-order chi connectivity index (χ0) is 20.5. The van der Waals surface area contributed by atoms with E-state index in [-0.39, 0.29) is 17.8 Å². The van der Waals surface area contributed by atoms with Crippen LogP contribution in [-0.4, -0.2) is 40.2 Å². The minimum Gasteiger partial charge on any atom is -0.330 e. The lowest BCUT2D eigenvalue weighted by Crippen LogP contribution is -2.43. The Morgan fingerprint density at radius 2 is 2.10 bits per heavy atom. The summed E-state index contributed by atoms with van der Waals surface area (Å²) < 4.78 is 15.3. The first-order chi connectivity index (χ1) is 14.0. The van der Waals surface area contributed by atoms with Crippen LogP contribution in [0.5, 0.6) is 0 Å². The van der Waals surface area contributed by atoms with Gasteiger partial charge < -0.3 is 10.2 Å². The first-order valence-corrected chi connectivity index (χ1v) is 9.86. The average molecular weight is 413 g/mol. The summed E-state index contributed by atoms with van der Waals surface area (Å²) in [4.78, 5) is 14.9. The zero-order valence-corrected chi connectivity index (χ0v) is 17.1. The number of hydrogen-bond donors (Lipinski definition) is 1. The third kappa shape index (κ3) is 3.78. The van der Waals surface area contributed by atoms with Crippen LogP contribution < -0.4 is 5.32 Å². The quantitative estimate of drug-likeness (QED) is 0.672. The lowest BCUT2D eigenvalue weighted by molar-refractivity contribution is 0.0702. The number of carbonyl (C=O) groups is 1. The number of rotatable bonds is 6. The lowest BCUT2D eigenvalue weighted by atomic mass is 10.0. The molecule has 0 saturated heterocycles. The van der Waals surface area contributed by atoms with Gasteiger partial charge in [-0.3, -0.25) is 9.48 Å². The summed E-state index contributed by atoms with van der Waals surface area (Å²) in [6, 6.07) is 12.2. The molecule has 4 rings (SSSR count). The monoisotopic (exact) mass is 412 g/mol. The summed E-state index contributed by atoms with van der Waals surface area (Å²) in [6.07, 6.45) is 2.20. The molecule has 1 N–H and O–H groups in total. The van der Waals surface area contributed by atoms with Gasteiger partial charge in [-0.15, -0.1) is 0 Å². The molecule has 0 saturated carbocycles. The Balaban J connectivity index is 1.62. The summed E-state index contributed by atoms with van der Waals surface area (Å²) in [5.41, 5.74) is 4.29. The van der Waals surface area contributed by atoms with E-state index in [2.05, 4.69) is 10.4 Å². The van der Waals surface area contributed by atoms with Gasteiger partial charge in [0.05, 0.1) is 16.9 Å². The van der Waals surface area contributed by atoms with Crippen LogP contribution in [0.2, 0.25) is 5.02 Å². The van der Waals surface area contributed by atoms with Crippen LogP contribution in [-0.2, 0) is 20.0 Å². The molecule has 1 aliphatic rings. The number of hydrogen-bond acceptors (Lipinski definition) is 3. The molecule has 0 aliphatic carbocycles. The smallest absolute Gasteiger partial charge is 0.254 e. The molecule has 1 aliphatic heterocycles. The van der Waals surface area contributed by atoms with E-state index in [1.54, 1.807) is 16.9 Å². The summed E-state index contributed by atoms with van der Waals surface area (Å²) in [5.74, 6) is -0.265. The molecule has 2 heterocycles. The van der Waals surface area contributed by atoms with Crippen molar-refractivity contribution in [1.29, 1.82) is 0 Å². The number of amides is 1. The van der Waals surface area contributed by atoms with E-state index < -0.39 is 0 Å². The Labute approximate surface area is 174 Å². The van der Waals surface area contributed by atoms with E-state index in [1.807, 2.05) is 43.3 Å². The van der Waals surface area contributed by atoms with Gasteiger partial charge in [-0.05, 0) is 48.9 Å². The summed E-state index contributed by atoms with van der Waals surface area (Å²) in [6.45, 7) is 1.13. The number of aryl methyl sites for hydroxylation is 1. The number of likely N-dealkylation sites (N-methyl/N-ethyl adjacent to an activating group) is 1. The molecule has 29 heavy (non-hydrogen) atoms. The van der Waals surface area contributed by atoms with Gasteiger partial charge in [-0.2, -0.15) is 5.10 Å². The number of benzene rings is 2. The molecule has 3 aromatic rings. The van der Waals surface area contributed by atoms with Gasteiger partial charge in [0, 0.05) is 37.3 Å². The second-order valence-electron chi connectivity index (χ2n) is 7.32. The summed E-state index contributed by atoms with van der Waals surface area (Å²) in [5, 5.41) is 7.93. The molecule has 7 heteroatoms. The molecular weight excluding hydrogens is 391 g/mol. The number of nitrogens with one attached hydrogen (secondary N) is 1. The van der Waals surface area contributed by atoms with E-state index in [0.29, 0.717) is 30.1 Å². The van der Waals surface area contributed by atoms with Gasteiger partial charge in [-0.25, -0.2) is 4.39 Å². The summed E-state index contributed by atoms with van der Waals surface area (Å²) >= 11 is 6.28. The Kier molecular flexibility index (Phi) is 5.39. The van der Waals surface area contributed by atoms with Gasteiger partial charge in [0.2, 0.25) is 0 Å². The molecule has 5 nitrogen and oxygen atoms in total. The molecule has 0 unspecified atom stereocenters. The summed E-state index contributed by atoms with van der Waals surface area (Å²) in [7, 11) is 3.70. The largest absolute Gasteiger partial charge is 0.330 e. The van der Waals surface area contributed by atoms with E-state index in [9.17, 15) is 9.18 Å². The Morgan fingerprint density at radius 3 is 2.79 bits per heavy atom. The lowest BCUT2D eigenvalue weighted by Gasteiger charge is -2.28.